The quantitative estimate of drug-likeness (QED) is 0.343. The minimum absolute atomic E-state index is 0.0748. The summed E-state index contributed by atoms with van der Waals surface area (Å²) in [6.45, 7) is 4.19. The van der Waals surface area contributed by atoms with Gasteiger partial charge in [0.25, 0.3) is 11.4 Å². The number of nitrogens with zero attached hydrogens (tertiary/aromatic N) is 2. The summed E-state index contributed by atoms with van der Waals surface area (Å²) in [5.74, 6) is -0.819. The van der Waals surface area contributed by atoms with Crippen molar-refractivity contribution < 1.29 is 19.4 Å². The van der Waals surface area contributed by atoms with E-state index in [4.69, 9.17) is 4.74 Å². The van der Waals surface area contributed by atoms with Gasteiger partial charge in [-0.05, 0) is 38.7 Å². The van der Waals surface area contributed by atoms with Gasteiger partial charge in [-0.25, -0.2) is 4.79 Å². The van der Waals surface area contributed by atoms with E-state index < -0.39 is 27.2 Å². The van der Waals surface area contributed by atoms with Crippen LogP contribution in [0.25, 0.3) is 0 Å². The molecule has 0 spiro atoms. The molecule has 0 fully saturated rings. The fraction of sp³-hybridized carbons (Fsp3) is 0.353. The number of nitro benzene ring substituents is 2. The molecule has 0 saturated heterocycles. The molecule has 0 radical (unpaired) electrons. The van der Waals surface area contributed by atoms with Crippen LogP contribution in [0.3, 0.4) is 0 Å². The highest BCUT2D eigenvalue weighted by molar-refractivity contribution is 5.91. The van der Waals surface area contributed by atoms with Gasteiger partial charge < -0.3 is 4.74 Å². The average molecular weight is 346 g/mol. The van der Waals surface area contributed by atoms with E-state index in [1.807, 2.05) is 6.08 Å². The number of hydrogen-bond acceptors (Lipinski definition) is 6. The first-order chi connectivity index (χ1) is 11.8. The SMILES string of the molecule is CC(C)=C1CC=C(COC(=O)c2cc([N+](=O)[O-])cc([N+](=O)[O-])c2)CC1. The Balaban J connectivity index is 2.10. The van der Waals surface area contributed by atoms with Crippen LogP contribution in [-0.4, -0.2) is 22.4 Å². The van der Waals surface area contributed by atoms with Crippen LogP contribution in [0.5, 0.6) is 0 Å². The summed E-state index contributed by atoms with van der Waals surface area (Å²) < 4.78 is 5.16. The van der Waals surface area contributed by atoms with Crippen molar-refractivity contribution in [2.75, 3.05) is 6.61 Å². The van der Waals surface area contributed by atoms with Gasteiger partial charge in [0.2, 0.25) is 0 Å². The van der Waals surface area contributed by atoms with E-state index in [0.717, 1.165) is 43.0 Å². The summed E-state index contributed by atoms with van der Waals surface area (Å²) in [5, 5.41) is 21.7. The molecule has 0 heterocycles. The molecule has 0 atom stereocenters. The molecule has 8 heteroatoms. The van der Waals surface area contributed by atoms with E-state index in [0.29, 0.717) is 0 Å². The third kappa shape index (κ3) is 4.72. The second-order valence-electron chi connectivity index (χ2n) is 6.00. The highest BCUT2D eigenvalue weighted by atomic mass is 16.6. The van der Waals surface area contributed by atoms with E-state index in [1.165, 1.54) is 11.1 Å². The van der Waals surface area contributed by atoms with Gasteiger partial charge in [0.15, 0.2) is 0 Å². The molecular weight excluding hydrogens is 328 g/mol. The van der Waals surface area contributed by atoms with E-state index in [9.17, 15) is 25.0 Å². The van der Waals surface area contributed by atoms with E-state index >= 15 is 0 Å². The van der Waals surface area contributed by atoms with Gasteiger partial charge in [-0.3, -0.25) is 20.2 Å². The Labute approximate surface area is 144 Å². The van der Waals surface area contributed by atoms with Crippen LogP contribution in [0.2, 0.25) is 0 Å². The van der Waals surface area contributed by atoms with Crippen LogP contribution < -0.4 is 0 Å². The number of allylic oxidation sites excluding steroid dienone is 3. The number of esters is 1. The Morgan fingerprint density at radius 1 is 1.08 bits per heavy atom. The smallest absolute Gasteiger partial charge is 0.338 e. The van der Waals surface area contributed by atoms with Crippen molar-refractivity contribution >= 4 is 17.3 Å². The van der Waals surface area contributed by atoms with Crippen molar-refractivity contribution in [3.8, 4) is 0 Å². The highest BCUT2D eigenvalue weighted by Gasteiger charge is 2.21. The molecule has 1 aliphatic carbocycles. The van der Waals surface area contributed by atoms with Crippen LogP contribution in [-0.2, 0) is 4.74 Å². The summed E-state index contributed by atoms with van der Waals surface area (Å²) >= 11 is 0. The minimum Gasteiger partial charge on any atom is -0.458 e. The van der Waals surface area contributed by atoms with Gasteiger partial charge in [0.05, 0.1) is 21.5 Å². The molecule has 0 aromatic heterocycles. The van der Waals surface area contributed by atoms with Crippen LogP contribution in [0.4, 0.5) is 11.4 Å². The molecule has 1 aliphatic rings. The molecule has 0 bridgehead atoms. The molecule has 0 amide bonds. The molecule has 132 valence electrons. The van der Waals surface area contributed by atoms with Crippen LogP contribution in [0.1, 0.15) is 43.5 Å². The number of benzene rings is 1. The first kappa shape index (κ1) is 18.3. The number of non-ortho nitro benzene ring substituents is 2. The molecule has 25 heavy (non-hydrogen) atoms. The Hall–Kier alpha value is -3.03. The maximum absolute atomic E-state index is 12.1. The standard InChI is InChI=1S/C17H18N2O6/c1-11(2)13-5-3-12(4-6-13)10-25-17(20)14-7-15(18(21)22)9-16(8-14)19(23)24/h3,7-9H,4-6,10H2,1-2H3. The van der Waals surface area contributed by atoms with Crippen molar-refractivity contribution in [2.45, 2.75) is 33.1 Å². The predicted octanol–water partition coefficient (Wildman–Crippen LogP) is 4.11. The summed E-state index contributed by atoms with van der Waals surface area (Å²) in [4.78, 5) is 32.3. The van der Waals surface area contributed by atoms with Crippen molar-refractivity contribution in [1.82, 2.24) is 0 Å². The number of ether oxygens (including phenoxy) is 1. The van der Waals surface area contributed by atoms with Crippen LogP contribution in [0.15, 0.2) is 41.0 Å². The maximum Gasteiger partial charge on any atom is 0.338 e. The zero-order chi connectivity index (χ0) is 18.6. The highest BCUT2D eigenvalue weighted by Crippen LogP contribution is 2.26. The van der Waals surface area contributed by atoms with Gasteiger partial charge in [-0.15, -0.1) is 0 Å². The minimum atomic E-state index is -0.819. The third-order valence-electron chi connectivity index (χ3n) is 4.04. The van der Waals surface area contributed by atoms with Gasteiger partial charge in [0.1, 0.15) is 6.61 Å². The monoisotopic (exact) mass is 346 g/mol. The largest absolute Gasteiger partial charge is 0.458 e. The number of carbonyl (C=O) groups excluding carboxylic acids is 1. The van der Waals surface area contributed by atoms with E-state index in [1.54, 1.807) is 0 Å². The molecule has 1 aromatic rings. The predicted molar refractivity (Wildman–Crippen MR) is 90.3 cm³/mol. The number of carbonyl (C=O) groups is 1. The second kappa shape index (κ2) is 7.69. The molecule has 1 aromatic carbocycles. The first-order valence-electron chi connectivity index (χ1n) is 7.72. The van der Waals surface area contributed by atoms with Crippen molar-refractivity contribution in [2.24, 2.45) is 0 Å². The average Bonchev–Trinajstić information content (AvgIpc) is 2.59. The van der Waals surface area contributed by atoms with E-state index in [2.05, 4.69) is 13.8 Å². The maximum atomic E-state index is 12.1. The summed E-state index contributed by atoms with van der Waals surface area (Å²) in [6.07, 6.45) is 4.52. The number of nitro groups is 2. The number of hydrogen-bond donors (Lipinski definition) is 0. The summed E-state index contributed by atoms with van der Waals surface area (Å²) in [5.41, 5.74) is 2.37. The van der Waals surface area contributed by atoms with Crippen molar-refractivity contribution in [3.63, 3.8) is 0 Å². The lowest BCUT2D eigenvalue weighted by Gasteiger charge is -2.17. The molecule has 8 nitrogen and oxygen atoms in total. The fourth-order valence-electron chi connectivity index (χ4n) is 2.53. The molecule has 0 aliphatic heterocycles. The lowest BCUT2D eigenvalue weighted by atomic mass is 9.92. The molecule has 0 unspecified atom stereocenters. The van der Waals surface area contributed by atoms with Gasteiger partial charge in [0, 0.05) is 12.1 Å². The summed E-state index contributed by atoms with van der Waals surface area (Å²) in [7, 11) is 0. The summed E-state index contributed by atoms with van der Waals surface area (Å²) in [6, 6.07) is 2.76. The molecule has 0 saturated carbocycles. The molecular formula is C17H18N2O6. The second-order valence-corrected chi connectivity index (χ2v) is 6.00. The topological polar surface area (TPSA) is 113 Å². The first-order valence-corrected chi connectivity index (χ1v) is 7.72. The Kier molecular flexibility index (Phi) is 5.63. The molecule has 0 N–H and O–H groups in total. The van der Waals surface area contributed by atoms with Gasteiger partial charge in [-0.1, -0.05) is 17.2 Å². The van der Waals surface area contributed by atoms with Crippen LogP contribution >= 0.6 is 0 Å². The zero-order valence-corrected chi connectivity index (χ0v) is 14.0. The Bertz CT molecular complexity index is 758. The lowest BCUT2D eigenvalue weighted by molar-refractivity contribution is -0.394. The lowest BCUT2D eigenvalue weighted by Crippen LogP contribution is -2.11. The van der Waals surface area contributed by atoms with Crippen LogP contribution in [0, 0.1) is 20.2 Å². The normalized spacial score (nSPS) is 13.8. The third-order valence-corrected chi connectivity index (χ3v) is 4.04. The van der Waals surface area contributed by atoms with E-state index in [-0.39, 0.29) is 12.2 Å². The van der Waals surface area contributed by atoms with Gasteiger partial charge >= 0.3 is 5.97 Å². The van der Waals surface area contributed by atoms with Gasteiger partial charge in [-0.2, -0.15) is 0 Å². The Morgan fingerprint density at radius 2 is 1.68 bits per heavy atom. The van der Waals surface area contributed by atoms with Crippen molar-refractivity contribution in [1.29, 1.82) is 0 Å². The zero-order valence-electron chi connectivity index (χ0n) is 14.0. The Morgan fingerprint density at radius 3 is 2.12 bits per heavy atom. The molecule has 2 rings (SSSR count). The fourth-order valence-corrected chi connectivity index (χ4v) is 2.53. The van der Waals surface area contributed by atoms with Crippen molar-refractivity contribution in [3.05, 3.63) is 66.8 Å². The number of rotatable bonds is 5.